The van der Waals surface area contributed by atoms with Crippen LogP contribution in [0.15, 0.2) is 30.3 Å². The molecule has 1 fully saturated rings. The van der Waals surface area contributed by atoms with Crippen LogP contribution in [0.5, 0.6) is 0 Å². The number of sulfone groups is 1. The quantitative estimate of drug-likeness (QED) is 0.208. The Bertz CT molecular complexity index is 1180. The molecule has 0 spiro atoms. The molecule has 9 heteroatoms. The molecule has 1 aliphatic rings. The van der Waals surface area contributed by atoms with Gasteiger partial charge in [0.2, 0.25) is 5.91 Å². The van der Waals surface area contributed by atoms with E-state index in [2.05, 4.69) is 28.4 Å². The van der Waals surface area contributed by atoms with Gasteiger partial charge in [0.05, 0.1) is 28.6 Å². The SMILES string of the molecule is C#CC[C@H](O)[C@H](O)[C@@H](CC1CCCCC1)NC(=O)C#CCCNC(=O)[C@@H](Cc1ccccc1)CS(=O)(=O)C(C)(C)C. The molecular weight excluding hydrogens is 540 g/mol. The van der Waals surface area contributed by atoms with Gasteiger partial charge in [0.25, 0.3) is 5.91 Å². The number of aliphatic hydroxyl groups is 2. The van der Waals surface area contributed by atoms with E-state index < -0.39 is 44.7 Å². The Morgan fingerprint density at radius 3 is 2.37 bits per heavy atom. The number of carbonyl (C=O) groups excluding carboxylic acids is 2. The van der Waals surface area contributed by atoms with Crippen LogP contribution in [0.4, 0.5) is 0 Å². The molecule has 1 aromatic rings. The van der Waals surface area contributed by atoms with Crippen molar-refractivity contribution in [1.82, 2.24) is 10.6 Å². The fourth-order valence-corrected chi connectivity index (χ4v) is 6.25. The Labute approximate surface area is 246 Å². The summed E-state index contributed by atoms with van der Waals surface area (Å²) in [6.45, 7) is 5.01. The van der Waals surface area contributed by atoms with Crippen LogP contribution in [-0.4, -0.2) is 65.7 Å². The molecule has 0 aliphatic heterocycles. The summed E-state index contributed by atoms with van der Waals surface area (Å²) in [4.78, 5) is 25.6. The molecule has 0 bridgehead atoms. The van der Waals surface area contributed by atoms with Gasteiger partial charge in [-0.2, -0.15) is 0 Å². The summed E-state index contributed by atoms with van der Waals surface area (Å²) >= 11 is 0. The molecule has 0 unspecified atom stereocenters. The fraction of sp³-hybridized carbons (Fsp3) is 0.625. The number of hydrogen-bond donors (Lipinski definition) is 4. The molecule has 2 amide bonds. The second kappa shape index (κ2) is 16.6. The summed E-state index contributed by atoms with van der Waals surface area (Å²) in [5, 5.41) is 26.4. The molecule has 1 saturated carbocycles. The van der Waals surface area contributed by atoms with Gasteiger partial charge in [-0.15, -0.1) is 12.3 Å². The second-order valence-electron chi connectivity index (χ2n) is 11.9. The number of amides is 2. The van der Waals surface area contributed by atoms with Gasteiger partial charge in [0.15, 0.2) is 9.84 Å². The first-order chi connectivity index (χ1) is 19.3. The van der Waals surface area contributed by atoms with Crippen LogP contribution in [0.1, 0.15) is 77.7 Å². The fourth-order valence-electron chi connectivity index (χ4n) is 4.96. The normalized spacial score (nSPS) is 17.2. The highest BCUT2D eigenvalue weighted by Gasteiger charge is 2.34. The average Bonchev–Trinajstić information content (AvgIpc) is 2.92. The lowest BCUT2D eigenvalue weighted by Gasteiger charge is -2.31. The third kappa shape index (κ3) is 11.9. The Balaban J connectivity index is 1.97. The van der Waals surface area contributed by atoms with Crippen molar-refractivity contribution in [2.75, 3.05) is 12.3 Å². The van der Waals surface area contributed by atoms with Gasteiger partial charge in [-0.1, -0.05) is 68.4 Å². The minimum absolute atomic E-state index is 0.0219. The third-order valence-corrected chi connectivity index (χ3v) is 10.3. The number of aliphatic hydroxyl groups excluding tert-OH is 2. The molecule has 226 valence electrons. The monoisotopic (exact) mass is 586 g/mol. The maximum atomic E-state index is 13.0. The molecule has 4 atom stereocenters. The highest BCUT2D eigenvalue weighted by atomic mass is 32.2. The minimum atomic E-state index is -3.54. The summed E-state index contributed by atoms with van der Waals surface area (Å²) in [5.41, 5.74) is 0.866. The zero-order valence-electron chi connectivity index (χ0n) is 24.6. The summed E-state index contributed by atoms with van der Waals surface area (Å²) < 4.78 is 24.7. The first-order valence-electron chi connectivity index (χ1n) is 14.5. The van der Waals surface area contributed by atoms with Crippen LogP contribution >= 0.6 is 0 Å². The second-order valence-corrected chi connectivity index (χ2v) is 14.7. The molecule has 2 rings (SSSR count). The lowest BCUT2D eigenvalue weighted by atomic mass is 9.83. The predicted octanol–water partition coefficient (Wildman–Crippen LogP) is 2.77. The van der Waals surface area contributed by atoms with Crippen molar-refractivity contribution in [1.29, 1.82) is 0 Å². The van der Waals surface area contributed by atoms with E-state index in [0.29, 0.717) is 12.3 Å². The van der Waals surface area contributed by atoms with Crippen molar-refractivity contribution in [3.05, 3.63) is 35.9 Å². The number of nitrogens with one attached hydrogen (secondary N) is 2. The first-order valence-corrected chi connectivity index (χ1v) is 16.1. The average molecular weight is 587 g/mol. The van der Waals surface area contributed by atoms with Gasteiger partial charge in [-0.25, -0.2) is 8.42 Å². The van der Waals surface area contributed by atoms with Crippen molar-refractivity contribution < 1.29 is 28.2 Å². The van der Waals surface area contributed by atoms with Crippen LogP contribution < -0.4 is 10.6 Å². The number of benzene rings is 1. The van der Waals surface area contributed by atoms with E-state index in [9.17, 15) is 28.2 Å². The van der Waals surface area contributed by atoms with Crippen LogP contribution in [0.25, 0.3) is 0 Å². The molecule has 1 aliphatic carbocycles. The van der Waals surface area contributed by atoms with Crippen LogP contribution in [0.3, 0.4) is 0 Å². The number of carbonyl (C=O) groups is 2. The molecule has 0 aromatic heterocycles. The molecule has 8 nitrogen and oxygen atoms in total. The Hall–Kier alpha value is -2.85. The largest absolute Gasteiger partial charge is 0.389 e. The van der Waals surface area contributed by atoms with E-state index >= 15 is 0 Å². The van der Waals surface area contributed by atoms with Crippen molar-refractivity contribution in [3.8, 4) is 24.2 Å². The van der Waals surface area contributed by atoms with Crippen molar-refractivity contribution in [2.24, 2.45) is 11.8 Å². The minimum Gasteiger partial charge on any atom is -0.389 e. The van der Waals surface area contributed by atoms with Crippen LogP contribution in [0, 0.1) is 36.0 Å². The molecule has 0 saturated heterocycles. The van der Waals surface area contributed by atoms with Gasteiger partial charge < -0.3 is 20.8 Å². The zero-order chi connectivity index (χ0) is 30.5. The smallest absolute Gasteiger partial charge is 0.296 e. The summed E-state index contributed by atoms with van der Waals surface area (Å²) in [5.74, 6) is 5.90. The number of hydrogen-bond acceptors (Lipinski definition) is 6. The number of terminal acetylenes is 1. The molecule has 0 heterocycles. The van der Waals surface area contributed by atoms with Gasteiger partial charge >= 0.3 is 0 Å². The van der Waals surface area contributed by atoms with E-state index in [4.69, 9.17) is 6.42 Å². The highest BCUT2D eigenvalue weighted by Crippen LogP contribution is 2.28. The predicted molar refractivity (Wildman–Crippen MR) is 161 cm³/mol. The van der Waals surface area contributed by atoms with Crippen molar-refractivity contribution in [2.45, 2.75) is 102 Å². The lowest BCUT2D eigenvalue weighted by molar-refractivity contribution is -0.124. The van der Waals surface area contributed by atoms with Crippen molar-refractivity contribution >= 4 is 21.7 Å². The molecular formula is C32H46N2O6S. The van der Waals surface area contributed by atoms with E-state index in [1.54, 1.807) is 20.8 Å². The Kier molecular flexibility index (Phi) is 13.9. The lowest BCUT2D eigenvalue weighted by Crippen LogP contribution is -2.49. The maximum Gasteiger partial charge on any atom is 0.296 e. The summed E-state index contributed by atoms with van der Waals surface area (Å²) in [6.07, 6.45) is 9.32. The number of rotatable bonds is 13. The topological polar surface area (TPSA) is 133 Å². The molecule has 0 radical (unpaired) electrons. The summed E-state index contributed by atoms with van der Waals surface area (Å²) in [7, 11) is -3.54. The highest BCUT2D eigenvalue weighted by molar-refractivity contribution is 7.92. The van der Waals surface area contributed by atoms with Crippen LogP contribution in [-0.2, 0) is 25.8 Å². The first kappa shape index (κ1) is 34.4. The maximum absolute atomic E-state index is 13.0. The third-order valence-electron chi connectivity index (χ3n) is 7.56. The molecule has 4 N–H and O–H groups in total. The molecule has 41 heavy (non-hydrogen) atoms. The summed E-state index contributed by atoms with van der Waals surface area (Å²) in [6, 6.07) is 8.59. The van der Waals surface area contributed by atoms with E-state index in [1.807, 2.05) is 30.3 Å². The zero-order valence-corrected chi connectivity index (χ0v) is 25.4. The standard InChI is InChI=1S/C32H46N2O6S/c1-5-14-28(35)30(37)27(22-25-17-10-7-11-18-25)34-29(36)19-12-13-20-33-31(38)26(21-24-15-8-6-9-16-24)23-41(39,40)32(2,3)4/h1,6,8-9,15-16,25-28,30,35,37H,7,10-11,13-14,17-18,20-23H2,2-4H3,(H,33,38)(H,34,36)/t26-,27+,28-,30+/m0/s1. The van der Waals surface area contributed by atoms with Crippen molar-refractivity contribution in [3.63, 3.8) is 0 Å². The van der Waals surface area contributed by atoms with Crippen LogP contribution in [0.2, 0.25) is 0 Å². The van der Waals surface area contributed by atoms with Gasteiger partial charge in [0, 0.05) is 19.4 Å². The van der Waals surface area contributed by atoms with E-state index in [0.717, 1.165) is 31.2 Å². The van der Waals surface area contributed by atoms with Gasteiger partial charge in [0.1, 0.15) is 6.10 Å². The van der Waals surface area contributed by atoms with Gasteiger partial charge in [-0.3, -0.25) is 9.59 Å². The van der Waals surface area contributed by atoms with E-state index in [1.165, 1.54) is 6.42 Å². The molecule has 1 aromatic carbocycles. The Morgan fingerprint density at radius 2 is 1.76 bits per heavy atom. The van der Waals surface area contributed by atoms with Gasteiger partial charge in [-0.05, 0) is 51.0 Å². The van der Waals surface area contributed by atoms with E-state index in [-0.39, 0.29) is 37.5 Å². The Morgan fingerprint density at radius 1 is 1.10 bits per heavy atom.